The van der Waals surface area contributed by atoms with Crippen molar-refractivity contribution < 1.29 is 9.84 Å². The molecule has 0 aliphatic rings. The molecule has 4 rings (SSSR count). The van der Waals surface area contributed by atoms with Gasteiger partial charge in [-0.05, 0) is 31.2 Å². The Balaban J connectivity index is 1.51. The fourth-order valence-corrected chi connectivity index (χ4v) is 2.89. The quantitative estimate of drug-likeness (QED) is 0.560. The van der Waals surface area contributed by atoms with Gasteiger partial charge in [0.05, 0.1) is 11.2 Å². The molecular formula is C20H20N4O2. The smallest absolute Gasteiger partial charge is 0.158 e. The summed E-state index contributed by atoms with van der Waals surface area (Å²) in [4.78, 5) is 4.65. The number of aromatic nitrogens is 3. The molecule has 26 heavy (non-hydrogen) atoms. The summed E-state index contributed by atoms with van der Waals surface area (Å²) >= 11 is 0. The Bertz CT molecular complexity index is 1030. The monoisotopic (exact) mass is 348 g/mol. The van der Waals surface area contributed by atoms with Crippen molar-refractivity contribution in [2.45, 2.75) is 13.0 Å². The second kappa shape index (κ2) is 7.01. The molecule has 0 aliphatic carbocycles. The molecule has 6 nitrogen and oxygen atoms in total. The number of fused-ring (bicyclic) bond motifs is 3. The van der Waals surface area contributed by atoms with Crippen LogP contribution in [0.3, 0.4) is 0 Å². The number of para-hydroxylation sites is 2. The SMILES string of the molecule is Cc1cc2nc(NC[C@@H](O)COc3ccccc3)c3ccccc3n2n1. The topological polar surface area (TPSA) is 71.7 Å². The lowest BCUT2D eigenvalue weighted by atomic mass is 10.2. The van der Waals surface area contributed by atoms with Crippen LogP contribution in [-0.2, 0) is 0 Å². The first-order chi connectivity index (χ1) is 12.7. The molecule has 0 bridgehead atoms. The van der Waals surface area contributed by atoms with Crippen LogP contribution in [0.25, 0.3) is 16.6 Å². The number of ether oxygens (including phenoxy) is 1. The van der Waals surface area contributed by atoms with E-state index in [1.54, 1.807) is 0 Å². The van der Waals surface area contributed by atoms with Gasteiger partial charge in [0.2, 0.25) is 0 Å². The summed E-state index contributed by atoms with van der Waals surface area (Å²) in [6.45, 7) is 2.50. The van der Waals surface area contributed by atoms with Gasteiger partial charge < -0.3 is 15.2 Å². The van der Waals surface area contributed by atoms with Crippen LogP contribution < -0.4 is 10.1 Å². The lowest BCUT2D eigenvalue weighted by Gasteiger charge is -2.15. The fraction of sp³-hybridized carbons (Fsp3) is 0.200. The van der Waals surface area contributed by atoms with Crippen molar-refractivity contribution in [1.82, 2.24) is 14.6 Å². The van der Waals surface area contributed by atoms with Crippen LogP contribution in [0.5, 0.6) is 5.75 Å². The van der Waals surface area contributed by atoms with Crippen LogP contribution in [-0.4, -0.2) is 39.0 Å². The van der Waals surface area contributed by atoms with E-state index < -0.39 is 6.10 Å². The molecule has 0 amide bonds. The van der Waals surface area contributed by atoms with Gasteiger partial charge >= 0.3 is 0 Å². The number of hydrogen-bond donors (Lipinski definition) is 2. The minimum Gasteiger partial charge on any atom is -0.491 e. The molecule has 0 saturated carbocycles. The van der Waals surface area contributed by atoms with Crippen molar-refractivity contribution in [1.29, 1.82) is 0 Å². The zero-order valence-electron chi connectivity index (χ0n) is 14.5. The van der Waals surface area contributed by atoms with Crippen molar-refractivity contribution in [2.75, 3.05) is 18.5 Å². The number of nitrogens with zero attached hydrogens (tertiary/aromatic N) is 3. The highest BCUT2D eigenvalue weighted by molar-refractivity contribution is 5.91. The average molecular weight is 348 g/mol. The fourth-order valence-electron chi connectivity index (χ4n) is 2.89. The summed E-state index contributed by atoms with van der Waals surface area (Å²) in [7, 11) is 0. The maximum atomic E-state index is 10.2. The van der Waals surface area contributed by atoms with E-state index in [1.165, 1.54) is 0 Å². The van der Waals surface area contributed by atoms with Gasteiger partial charge in [-0.15, -0.1) is 0 Å². The lowest BCUT2D eigenvalue weighted by Crippen LogP contribution is -2.26. The number of hydrogen-bond acceptors (Lipinski definition) is 5. The molecule has 6 heteroatoms. The highest BCUT2D eigenvalue weighted by Gasteiger charge is 2.11. The molecule has 0 unspecified atom stereocenters. The Morgan fingerprint density at radius 2 is 1.88 bits per heavy atom. The van der Waals surface area contributed by atoms with Gasteiger partial charge in [-0.25, -0.2) is 9.50 Å². The van der Waals surface area contributed by atoms with Crippen LogP contribution in [0.4, 0.5) is 5.82 Å². The van der Waals surface area contributed by atoms with Crippen molar-refractivity contribution in [2.24, 2.45) is 0 Å². The third-order valence-electron chi connectivity index (χ3n) is 4.12. The summed E-state index contributed by atoms with van der Waals surface area (Å²) in [6.07, 6.45) is -0.654. The Labute approximate surface area is 151 Å². The highest BCUT2D eigenvalue weighted by Crippen LogP contribution is 2.23. The van der Waals surface area contributed by atoms with Gasteiger partial charge in [-0.2, -0.15) is 5.10 Å². The largest absolute Gasteiger partial charge is 0.491 e. The van der Waals surface area contributed by atoms with Gasteiger partial charge in [0.1, 0.15) is 24.3 Å². The van der Waals surface area contributed by atoms with Crippen LogP contribution in [0.1, 0.15) is 5.69 Å². The molecule has 0 spiro atoms. The van der Waals surface area contributed by atoms with E-state index in [2.05, 4.69) is 15.4 Å². The van der Waals surface area contributed by atoms with Crippen molar-refractivity contribution in [3.8, 4) is 5.75 Å². The molecule has 4 aromatic rings. The molecule has 2 heterocycles. The minimum atomic E-state index is -0.654. The molecule has 2 aromatic carbocycles. The van der Waals surface area contributed by atoms with E-state index in [4.69, 9.17) is 4.74 Å². The summed E-state index contributed by atoms with van der Waals surface area (Å²) in [5.41, 5.74) is 2.66. The lowest BCUT2D eigenvalue weighted by molar-refractivity contribution is 0.117. The average Bonchev–Trinajstić information content (AvgIpc) is 3.05. The third-order valence-corrected chi connectivity index (χ3v) is 4.12. The number of anilines is 1. The summed E-state index contributed by atoms with van der Waals surface area (Å²) in [5.74, 6) is 1.47. The molecule has 0 fully saturated rings. The summed E-state index contributed by atoms with van der Waals surface area (Å²) < 4.78 is 7.43. The molecule has 0 aliphatic heterocycles. The Morgan fingerprint density at radius 1 is 1.12 bits per heavy atom. The van der Waals surface area contributed by atoms with Crippen LogP contribution >= 0.6 is 0 Å². The molecule has 132 valence electrons. The highest BCUT2D eigenvalue weighted by atomic mass is 16.5. The summed E-state index contributed by atoms with van der Waals surface area (Å²) in [5, 5.41) is 18.9. The summed E-state index contributed by atoms with van der Waals surface area (Å²) in [6, 6.07) is 19.3. The van der Waals surface area contributed by atoms with Gasteiger partial charge in [-0.3, -0.25) is 0 Å². The first kappa shape index (κ1) is 16.4. The van der Waals surface area contributed by atoms with Gasteiger partial charge in [0.15, 0.2) is 5.65 Å². The third kappa shape index (κ3) is 3.32. The maximum Gasteiger partial charge on any atom is 0.158 e. The van der Waals surface area contributed by atoms with E-state index in [1.807, 2.05) is 72.1 Å². The zero-order valence-corrected chi connectivity index (χ0v) is 14.5. The molecule has 2 N–H and O–H groups in total. The minimum absolute atomic E-state index is 0.211. The molecule has 0 saturated heterocycles. The second-order valence-corrected chi connectivity index (χ2v) is 6.19. The number of aliphatic hydroxyl groups excluding tert-OH is 1. The molecule has 1 atom stereocenters. The van der Waals surface area contributed by atoms with Crippen molar-refractivity contribution in [3.63, 3.8) is 0 Å². The predicted octanol–water partition coefficient (Wildman–Crippen LogP) is 3.04. The van der Waals surface area contributed by atoms with E-state index in [9.17, 15) is 5.11 Å². The predicted molar refractivity (Wildman–Crippen MR) is 102 cm³/mol. The number of aliphatic hydroxyl groups is 1. The Kier molecular flexibility index (Phi) is 4.41. The Morgan fingerprint density at radius 3 is 2.73 bits per heavy atom. The molecule has 2 aromatic heterocycles. The van der Waals surface area contributed by atoms with E-state index in [-0.39, 0.29) is 6.61 Å². The first-order valence-corrected chi connectivity index (χ1v) is 8.55. The van der Waals surface area contributed by atoms with Crippen LogP contribution in [0.15, 0.2) is 60.7 Å². The van der Waals surface area contributed by atoms with Crippen LogP contribution in [0.2, 0.25) is 0 Å². The van der Waals surface area contributed by atoms with Gasteiger partial charge in [-0.1, -0.05) is 30.3 Å². The number of nitrogens with one attached hydrogen (secondary N) is 1. The number of benzene rings is 2. The normalized spacial score (nSPS) is 12.4. The Hall–Kier alpha value is -3.12. The van der Waals surface area contributed by atoms with Crippen molar-refractivity contribution >= 4 is 22.4 Å². The van der Waals surface area contributed by atoms with Crippen molar-refractivity contribution in [3.05, 3.63) is 66.4 Å². The van der Waals surface area contributed by atoms with Gasteiger partial charge in [0.25, 0.3) is 0 Å². The first-order valence-electron chi connectivity index (χ1n) is 8.55. The zero-order chi connectivity index (χ0) is 17.9. The van der Waals surface area contributed by atoms with E-state index in [0.717, 1.165) is 33.8 Å². The van der Waals surface area contributed by atoms with E-state index >= 15 is 0 Å². The molecular weight excluding hydrogens is 328 g/mol. The van der Waals surface area contributed by atoms with E-state index in [0.29, 0.717) is 6.54 Å². The second-order valence-electron chi connectivity index (χ2n) is 6.19. The van der Waals surface area contributed by atoms with Gasteiger partial charge in [0, 0.05) is 18.0 Å². The molecule has 0 radical (unpaired) electrons. The number of rotatable bonds is 6. The standard InChI is InChI=1S/C20H20N4O2/c1-14-11-19-22-20(17-9-5-6-10-18(17)24(19)23-14)21-12-15(25)13-26-16-7-3-2-4-8-16/h2-11,15,25H,12-13H2,1H3,(H,21,22)/t15-/m1/s1. The van der Waals surface area contributed by atoms with Crippen LogP contribution in [0, 0.1) is 6.92 Å². The maximum absolute atomic E-state index is 10.2. The number of aryl methyl sites for hydroxylation is 1.